The van der Waals surface area contributed by atoms with Crippen molar-refractivity contribution in [2.75, 3.05) is 0 Å². The monoisotopic (exact) mass is 273 g/mol. The van der Waals surface area contributed by atoms with E-state index in [1.54, 1.807) is 24.3 Å². The molecule has 0 atom stereocenters. The van der Waals surface area contributed by atoms with E-state index in [4.69, 9.17) is 16.9 Å². The largest absolute Gasteiger partial charge is 0.298 e. The number of aromatic nitrogens is 2. The predicted molar refractivity (Wildman–Crippen MR) is 72.7 cm³/mol. The van der Waals surface area contributed by atoms with Gasteiger partial charge in [-0.25, -0.2) is 4.68 Å². The van der Waals surface area contributed by atoms with Gasteiger partial charge in [0, 0.05) is 0 Å². The first-order chi connectivity index (χ1) is 9.21. The summed E-state index contributed by atoms with van der Waals surface area (Å²) >= 11 is 6.18. The van der Waals surface area contributed by atoms with E-state index in [2.05, 4.69) is 11.2 Å². The van der Waals surface area contributed by atoms with Crippen LogP contribution in [0.2, 0.25) is 5.15 Å². The lowest BCUT2D eigenvalue weighted by Crippen LogP contribution is -1.98. The average molecular weight is 274 g/mol. The average Bonchev–Trinajstić information content (AvgIpc) is 2.75. The molecule has 96 valence electrons. The van der Waals surface area contributed by atoms with Crippen LogP contribution in [0, 0.1) is 11.3 Å². The number of halogens is 1. The van der Waals surface area contributed by atoms with Gasteiger partial charge in [-0.15, -0.1) is 0 Å². The van der Waals surface area contributed by atoms with Crippen LogP contribution in [0.5, 0.6) is 0 Å². The molecule has 0 fully saturated rings. The molecule has 0 aliphatic heterocycles. The quantitative estimate of drug-likeness (QED) is 0.804. The molecule has 5 heteroatoms. The van der Waals surface area contributed by atoms with Crippen molar-refractivity contribution < 1.29 is 4.79 Å². The van der Waals surface area contributed by atoms with E-state index in [0.717, 1.165) is 12.7 Å². The molecule has 4 nitrogen and oxygen atoms in total. The number of nitriles is 1. The van der Waals surface area contributed by atoms with Crippen LogP contribution in [0.15, 0.2) is 24.3 Å². The molecule has 19 heavy (non-hydrogen) atoms. The minimum atomic E-state index is 0.286. The van der Waals surface area contributed by atoms with Crippen molar-refractivity contribution in [3.8, 4) is 11.8 Å². The molecular weight excluding hydrogens is 262 g/mol. The second-order valence-corrected chi connectivity index (χ2v) is 4.45. The van der Waals surface area contributed by atoms with E-state index in [0.29, 0.717) is 28.9 Å². The van der Waals surface area contributed by atoms with Crippen LogP contribution in [-0.4, -0.2) is 16.1 Å². The molecule has 0 N–H and O–H groups in total. The summed E-state index contributed by atoms with van der Waals surface area (Å²) in [6.45, 7) is 2.01. The minimum absolute atomic E-state index is 0.286. The fourth-order valence-corrected chi connectivity index (χ4v) is 2.16. The Balaban J connectivity index is 2.56. The third-order valence-electron chi connectivity index (χ3n) is 2.76. The molecule has 2 rings (SSSR count). The Morgan fingerprint density at radius 2 is 2.32 bits per heavy atom. The van der Waals surface area contributed by atoms with Gasteiger partial charge in [0.2, 0.25) is 0 Å². The van der Waals surface area contributed by atoms with Gasteiger partial charge >= 0.3 is 0 Å². The molecule has 0 unspecified atom stereocenters. The topological polar surface area (TPSA) is 58.7 Å². The zero-order valence-corrected chi connectivity index (χ0v) is 11.2. The van der Waals surface area contributed by atoms with Gasteiger partial charge in [-0.05, 0) is 24.6 Å². The number of nitrogens with zero attached hydrogens (tertiary/aromatic N) is 3. The van der Waals surface area contributed by atoms with Gasteiger partial charge in [0.05, 0.1) is 28.6 Å². The van der Waals surface area contributed by atoms with Crippen molar-refractivity contribution >= 4 is 17.9 Å². The van der Waals surface area contributed by atoms with E-state index in [9.17, 15) is 4.79 Å². The summed E-state index contributed by atoms with van der Waals surface area (Å²) in [5, 5.41) is 13.5. The lowest BCUT2D eigenvalue weighted by atomic mass is 10.2. The van der Waals surface area contributed by atoms with Gasteiger partial charge in [-0.2, -0.15) is 10.4 Å². The molecule has 1 aromatic heterocycles. The number of benzene rings is 1. The van der Waals surface area contributed by atoms with Crippen LogP contribution in [0.4, 0.5) is 0 Å². The second-order valence-electron chi connectivity index (χ2n) is 4.09. The highest BCUT2D eigenvalue weighted by Crippen LogP contribution is 2.23. The molecule has 0 saturated carbocycles. The Labute approximate surface area is 116 Å². The molecule has 0 bridgehead atoms. The maximum atomic E-state index is 11.1. The molecule has 0 radical (unpaired) electrons. The highest BCUT2D eigenvalue weighted by molar-refractivity contribution is 6.32. The zero-order chi connectivity index (χ0) is 13.8. The smallest absolute Gasteiger partial charge is 0.155 e. The van der Waals surface area contributed by atoms with Gasteiger partial charge in [0.25, 0.3) is 0 Å². The third kappa shape index (κ3) is 2.51. The van der Waals surface area contributed by atoms with Gasteiger partial charge in [0.1, 0.15) is 5.15 Å². The Morgan fingerprint density at radius 1 is 1.53 bits per heavy atom. The fourth-order valence-electron chi connectivity index (χ4n) is 1.87. The van der Waals surface area contributed by atoms with Crippen LogP contribution in [0.1, 0.15) is 35.0 Å². The third-order valence-corrected chi connectivity index (χ3v) is 3.13. The van der Waals surface area contributed by atoms with Gasteiger partial charge in [0.15, 0.2) is 6.29 Å². The summed E-state index contributed by atoms with van der Waals surface area (Å²) in [5.74, 6) is 0. The number of carbonyl (C=O) groups excluding carboxylic acids is 1. The Kier molecular flexibility index (Phi) is 3.98. The maximum Gasteiger partial charge on any atom is 0.155 e. The molecule has 0 amide bonds. The first-order valence-electron chi connectivity index (χ1n) is 5.94. The van der Waals surface area contributed by atoms with Gasteiger partial charge < -0.3 is 0 Å². The van der Waals surface area contributed by atoms with Crippen LogP contribution in [0.3, 0.4) is 0 Å². The highest BCUT2D eigenvalue weighted by atomic mass is 35.5. The first kappa shape index (κ1) is 13.3. The first-order valence-corrected chi connectivity index (χ1v) is 6.32. The number of hydrogen-bond donors (Lipinski definition) is 0. The van der Waals surface area contributed by atoms with E-state index in [1.165, 1.54) is 4.68 Å². The normalized spacial score (nSPS) is 10.2. The van der Waals surface area contributed by atoms with Crippen LogP contribution in [0.25, 0.3) is 5.69 Å². The molecule has 0 spiro atoms. The number of aldehydes is 1. The fraction of sp³-hybridized carbons (Fsp3) is 0.214. The molecule has 1 heterocycles. The maximum absolute atomic E-state index is 11.1. The van der Waals surface area contributed by atoms with Crippen molar-refractivity contribution in [3.05, 3.63) is 46.2 Å². The van der Waals surface area contributed by atoms with Crippen molar-refractivity contribution in [1.29, 1.82) is 5.26 Å². The summed E-state index contributed by atoms with van der Waals surface area (Å²) in [5.41, 5.74) is 2.30. The summed E-state index contributed by atoms with van der Waals surface area (Å²) in [6, 6.07) is 9.00. The Bertz CT molecular complexity index is 655. The van der Waals surface area contributed by atoms with Crippen molar-refractivity contribution in [2.24, 2.45) is 0 Å². The lowest BCUT2D eigenvalue weighted by molar-refractivity contribution is 0.112. The molecule has 1 aromatic carbocycles. The molecule has 2 aromatic rings. The van der Waals surface area contributed by atoms with E-state index >= 15 is 0 Å². The van der Waals surface area contributed by atoms with Crippen molar-refractivity contribution in [2.45, 2.75) is 19.8 Å². The van der Waals surface area contributed by atoms with Crippen LogP contribution >= 0.6 is 11.6 Å². The summed E-state index contributed by atoms with van der Waals surface area (Å²) in [4.78, 5) is 11.1. The Morgan fingerprint density at radius 3 is 2.95 bits per heavy atom. The van der Waals surface area contributed by atoms with Crippen LogP contribution in [-0.2, 0) is 6.42 Å². The standard InChI is InChI=1S/C14H12ClN3O/c1-2-4-13-12(9-19)14(15)18(17-13)11-6-3-5-10(7-11)8-16/h3,5-7,9H,2,4H2,1H3. The van der Waals surface area contributed by atoms with E-state index < -0.39 is 0 Å². The number of hydrogen-bond acceptors (Lipinski definition) is 3. The van der Waals surface area contributed by atoms with Crippen molar-refractivity contribution in [1.82, 2.24) is 9.78 Å². The summed E-state index contributed by atoms with van der Waals surface area (Å²) < 4.78 is 1.50. The Hall–Kier alpha value is -2.12. The highest BCUT2D eigenvalue weighted by Gasteiger charge is 2.16. The molecular formula is C14H12ClN3O. The molecule has 0 aliphatic rings. The lowest BCUT2D eigenvalue weighted by Gasteiger charge is -2.02. The molecule has 0 saturated heterocycles. The number of carbonyl (C=O) groups is 1. The number of rotatable bonds is 4. The summed E-state index contributed by atoms with van der Waals surface area (Å²) in [6.07, 6.45) is 2.30. The minimum Gasteiger partial charge on any atom is -0.298 e. The van der Waals surface area contributed by atoms with Gasteiger partial charge in [-0.3, -0.25) is 4.79 Å². The number of aryl methyl sites for hydroxylation is 1. The second kappa shape index (κ2) is 5.68. The summed E-state index contributed by atoms with van der Waals surface area (Å²) in [7, 11) is 0. The molecule has 0 aliphatic carbocycles. The SMILES string of the molecule is CCCc1nn(-c2cccc(C#N)c2)c(Cl)c1C=O. The van der Waals surface area contributed by atoms with E-state index in [1.807, 2.05) is 6.92 Å². The van der Waals surface area contributed by atoms with Gasteiger partial charge in [-0.1, -0.05) is 31.0 Å². The van der Waals surface area contributed by atoms with Crippen molar-refractivity contribution in [3.63, 3.8) is 0 Å². The van der Waals surface area contributed by atoms with Crippen LogP contribution < -0.4 is 0 Å². The predicted octanol–water partition coefficient (Wildman–Crippen LogP) is 3.16. The van der Waals surface area contributed by atoms with E-state index in [-0.39, 0.29) is 5.15 Å². The zero-order valence-electron chi connectivity index (χ0n) is 10.4.